The van der Waals surface area contributed by atoms with Crippen molar-refractivity contribution in [2.75, 3.05) is 20.6 Å². The lowest BCUT2D eigenvalue weighted by molar-refractivity contribution is 0.0956. The van der Waals surface area contributed by atoms with E-state index in [1.54, 1.807) is 19.4 Å². The van der Waals surface area contributed by atoms with Crippen molar-refractivity contribution in [2.45, 2.75) is 26.4 Å². The van der Waals surface area contributed by atoms with E-state index < -0.39 is 0 Å². The summed E-state index contributed by atoms with van der Waals surface area (Å²) in [5.41, 5.74) is 0.488. The van der Waals surface area contributed by atoms with Crippen LogP contribution >= 0.6 is 11.3 Å². The van der Waals surface area contributed by atoms with Gasteiger partial charge in [-0.15, -0.1) is 11.3 Å². The highest BCUT2D eigenvalue weighted by Crippen LogP contribution is 2.26. The zero-order valence-corrected chi connectivity index (χ0v) is 15.9. The molecule has 0 radical (unpaired) electrons. The molecule has 0 bridgehead atoms. The number of nitrogens with one attached hydrogen (secondary N) is 2. The van der Waals surface area contributed by atoms with E-state index >= 15 is 0 Å². The van der Waals surface area contributed by atoms with Crippen LogP contribution in [0.1, 0.15) is 27.5 Å². The molecule has 3 aromatic rings. The lowest BCUT2D eigenvalue weighted by Gasteiger charge is -2.07. The van der Waals surface area contributed by atoms with Crippen LogP contribution in [0.15, 0.2) is 23.5 Å². The Kier molecular flexibility index (Phi) is 5.48. The molecule has 0 aliphatic rings. The number of hydrogen-bond acceptors (Lipinski definition) is 6. The average molecular weight is 374 g/mol. The number of aryl methyl sites for hydroxylation is 2. The fraction of sp³-hybridized carbons (Fsp3) is 0.412. The Hall–Kier alpha value is -2.52. The fourth-order valence-corrected chi connectivity index (χ4v) is 3.86. The van der Waals surface area contributed by atoms with Gasteiger partial charge in [0.1, 0.15) is 10.7 Å². The fourth-order valence-electron chi connectivity index (χ4n) is 2.74. The number of hydrogen-bond donors (Lipinski definition) is 2. The van der Waals surface area contributed by atoms with Crippen molar-refractivity contribution in [1.82, 2.24) is 29.7 Å². The number of thiophene rings is 1. The van der Waals surface area contributed by atoms with E-state index in [1.807, 2.05) is 29.8 Å². The van der Waals surface area contributed by atoms with Crippen LogP contribution in [0.25, 0.3) is 10.2 Å². The third kappa shape index (κ3) is 4.00. The quantitative estimate of drug-likeness (QED) is 0.609. The Balaban J connectivity index is 1.72. The van der Waals surface area contributed by atoms with Gasteiger partial charge in [0, 0.05) is 25.5 Å². The van der Waals surface area contributed by atoms with Crippen molar-refractivity contribution in [1.29, 1.82) is 0 Å². The van der Waals surface area contributed by atoms with Crippen LogP contribution in [0.3, 0.4) is 0 Å². The Labute approximate surface area is 154 Å². The average Bonchev–Trinajstić information content (AvgIpc) is 3.19. The van der Waals surface area contributed by atoms with Gasteiger partial charge in [-0.2, -0.15) is 0 Å². The van der Waals surface area contributed by atoms with E-state index in [9.17, 15) is 9.59 Å². The number of amides is 1. The van der Waals surface area contributed by atoms with E-state index in [4.69, 9.17) is 0 Å². The van der Waals surface area contributed by atoms with E-state index in [0.29, 0.717) is 39.6 Å². The van der Waals surface area contributed by atoms with Gasteiger partial charge in [-0.05, 0) is 33.0 Å². The van der Waals surface area contributed by atoms with Crippen molar-refractivity contribution >= 4 is 27.5 Å². The number of aromatic amines is 1. The SMILES string of the molecule is Cc1c(C(=O)NCCCn2ccnc2)sc2nc(CN(C)C)[nH]c(=O)c12. The van der Waals surface area contributed by atoms with Crippen molar-refractivity contribution in [2.24, 2.45) is 0 Å². The van der Waals surface area contributed by atoms with Gasteiger partial charge in [0.05, 0.1) is 23.1 Å². The minimum Gasteiger partial charge on any atom is -0.351 e. The molecule has 0 unspecified atom stereocenters. The first-order chi connectivity index (χ1) is 12.5. The third-order valence-electron chi connectivity index (χ3n) is 3.96. The number of imidazole rings is 1. The normalized spacial score (nSPS) is 11.4. The molecule has 1 amide bonds. The first kappa shape index (κ1) is 18.3. The van der Waals surface area contributed by atoms with Gasteiger partial charge in [-0.3, -0.25) is 9.59 Å². The van der Waals surface area contributed by atoms with Gasteiger partial charge >= 0.3 is 0 Å². The zero-order chi connectivity index (χ0) is 18.7. The number of carbonyl (C=O) groups is 1. The van der Waals surface area contributed by atoms with Crippen LogP contribution in [0.2, 0.25) is 0 Å². The highest BCUT2D eigenvalue weighted by Gasteiger charge is 2.19. The van der Waals surface area contributed by atoms with Crippen molar-refractivity contribution in [3.8, 4) is 0 Å². The molecule has 0 atom stereocenters. The summed E-state index contributed by atoms with van der Waals surface area (Å²) in [5, 5.41) is 3.42. The second-order valence-electron chi connectivity index (χ2n) is 6.40. The molecule has 0 fully saturated rings. The second kappa shape index (κ2) is 7.79. The summed E-state index contributed by atoms with van der Waals surface area (Å²) in [5.74, 6) is 0.436. The van der Waals surface area contributed by atoms with Gasteiger partial charge in [0.2, 0.25) is 0 Å². The summed E-state index contributed by atoms with van der Waals surface area (Å²) in [7, 11) is 3.82. The molecule has 0 saturated carbocycles. The lowest BCUT2D eigenvalue weighted by atomic mass is 10.2. The summed E-state index contributed by atoms with van der Waals surface area (Å²) < 4.78 is 1.96. The zero-order valence-electron chi connectivity index (χ0n) is 15.1. The van der Waals surface area contributed by atoms with Gasteiger partial charge in [-0.1, -0.05) is 0 Å². The molecule has 9 heteroatoms. The topological polar surface area (TPSA) is 95.9 Å². The molecular formula is C17H22N6O2S. The molecule has 138 valence electrons. The second-order valence-corrected chi connectivity index (χ2v) is 7.40. The Morgan fingerprint density at radius 1 is 1.42 bits per heavy atom. The van der Waals surface area contributed by atoms with Gasteiger partial charge < -0.3 is 19.8 Å². The Morgan fingerprint density at radius 3 is 2.92 bits per heavy atom. The molecule has 0 saturated heterocycles. The summed E-state index contributed by atoms with van der Waals surface area (Å²) >= 11 is 1.27. The molecule has 3 rings (SSSR count). The standard InChI is InChI=1S/C17H22N6O2S/c1-11-13-15(24)20-12(9-22(2)3)21-17(13)26-14(11)16(25)19-5-4-7-23-8-6-18-10-23/h6,8,10H,4-5,7,9H2,1-3H3,(H,19,25)(H,20,21,24). The number of H-pyrrole nitrogens is 1. The van der Waals surface area contributed by atoms with Gasteiger partial charge in [-0.25, -0.2) is 9.97 Å². The van der Waals surface area contributed by atoms with Crippen LogP contribution in [0.4, 0.5) is 0 Å². The summed E-state index contributed by atoms with van der Waals surface area (Å²) in [4.78, 5) is 39.2. The van der Waals surface area contributed by atoms with Crippen LogP contribution in [0, 0.1) is 6.92 Å². The predicted molar refractivity (Wildman–Crippen MR) is 102 cm³/mol. The Morgan fingerprint density at radius 2 is 2.23 bits per heavy atom. The molecule has 8 nitrogen and oxygen atoms in total. The lowest BCUT2D eigenvalue weighted by Crippen LogP contribution is -2.25. The summed E-state index contributed by atoms with van der Waals surface area (Å²) in [6.07, 6.45) is 6.18. The highest BCUT2D eigenvalue weighted by atomic mass is 32.1. The highest BCUT2D eigenvalue weighted by molar-refractivity contribution is 7.20. The van der Waals surface area contributed by atoms with E-state index in [2.05, 4.69) is 20.3 Å². The van der Waals surface area contributed by atoms with Crippen LogP contribution < -0.4 is 10.9 Å². The molecule has 3 aromatic heterocycles. The maximum Gasteiger partial charge on any atom is 0.261 e. The molecule has 3 heterocycles. The van der Waals surface area contributed by atoms with Gasteiger partial charge in [0.25, 0.3) is 11.5 Å². The smallest absolute Gasteiger partial charge is 0.261 e. The van der Waals surface area contributed by atoms with Crippen molar-refractivity contribution < 1.29 is 4.79 Å². The molecular weight excluding hydrogens is 352 g/mol. The molecule has 26 heavy (non-hydrogen) atoms. The first-order valence-corrected chi connectivity index (χ1v) is 9.18. The molecule has 2 N–H and O–H groups in total. The third-order valence-corrected chi connectivity index (χ3v) is 5.14. The van der Waals surface area contributed by atoms with Crippen molar-refractivity contribution in [3.63, 3.8) is 0 Å². The Bertz CT molecular complexity index is 958. The number of fused-ring (bicyclic) bond motifs is 1. The van der Waals surface area contributed by atoms with Crippen LogP contribution in [-0.4, -0.2) is 51.0 Å². The molecule has 0 aliphatic heterocycles. The summed E-state index contributed by atoms with van der Waals surface area (Å²) in [6, 6.07) is 0. The maximum atomic E-state index is 12.5. The van der Waals surface area contributed by atoms with E-state index in [0.717, 1.165) is 13.0 Å². The molecule has 0 spiro atoms. The number of carbonyl (C=O) groups excluding carboxylic acids is 1. The minimum absolute atomic E-state index is 0.162. The van der Waals surface area contributed by atoms with Crippen LogP contribution in [0.5, 0.6) is 0 Å². The van der Waals surface area contributed by atoms with E-state index in [-0.39, 0.29) is 11.5 Å². The van der Waals surface area contributed by atoms with Crippen molar-refractivity contribution in [3.05, 3.63) is 45.3 Å². The van der Waals surface area contributed by atoms with E-state index in [1.165, 1.54) is 11.3 Å². The predicted octanol–water partition coefficient (Wildman–Crippen LogP) is 1.37. The number of aromatic nitrogens is 4. The monoisotopic (exact) mass is 374 g/mol. The summed E-state index contributed by atoms with van der Waals surface area (Å²) in [6.45, 7) is 3.68. The number of rotatable bonds is 7. The minimum atomic E-state index is -0.195. The van der Waals surface area contributed by atoms with Gasteiger partial charge in [0.15, 0.2) is 0 Å². The molecule has 0 aliphatic carbocycles. The first-order valence-electron chi connectivity index (χ1n) is 8.36. The largest absolute Gasteiger partial charge is 0.351 e. The molecule has 0 aromatic carbocycles. The maximum absolute atomic E-state index is 12.5. The number of nitrogens with zero attached hydrogens (tertiary/aromatic N) is 4. The van der Waals surface area contributed by atoms with Crippen LogP contribution in [-0.2, 0) is 13.1 Å².